The topological polar surface area (TPSA) is 61.9 Å². The van der Waals surface area contributed by atoms with Crippen molar-refractivity contribution in [1.82, 2.24) is 15.0 Å². The molecule has 2 aliphatic rings. The van der Waals surface area contributed by atoms with E-state index in [1.165, 1.54) is 53.9 Å². The Balaban J connectivity index is 1.87. The van der Waals surface area contributed by atoms with E-state index in [0.717, 1.165) is 41.7 Å². The summed E-state index contributed by atoms with van der Waals surface area (Å²) >= 11 is 1.49. The lowest BCUT2D eigenvalue weighted by Gasteiger charge is -2.34. The van der Waals surface area contributed by atoms with E-state index < -0.39 is 0 Å². The Morgan fingerprint density at radius 3 is 2.84 bits per heavy atom. The summed E-state index contributed by atoms with van der Waals surface area (Å²) in [6, 6.07) is 0. The molecular formula is C19H22N4OS. The molecule has 3 aromatic heterocycles. The molecule has 5 rings (SSSR count). The van der Waals surface area contributed by atoms with Crippen LogP contribution in [0, 0.1) is 5.41 Å². The third-order valence-electron chi connectivity index (χ3n) is 5.72. The summed E-state index contributed by atoms with van der Waals surface area (Å²) in [6.07, 6.45) is 7.29. The Morgan fingerprint density at radius 1 is 1.24 bits per heavy atom. The van der Waals surface area contributed by atoms with Gasteiger partial charge in [-0.1, -0.05) is 13.8 Å². The van der Waals surface area contributed by atoms with Gasteiger partial charge in [-0.05, 0) is 48.6 Å². The van der Waals surface area contributed by atoms with Crippen molar-refractivity contribution in [1.29, 1.82) is 0 Å². The van der Waals surface area contributed by atoms with Crippen LogP contribution >= 0.6 is 11.3 Å². The van der Waals surface area contributed by atoms with Crippen LogP contribution in [0.1, 0.15) is 44.2 Å². The van der Waals surface area contributed by atoms with Gasteiger partial charge in [-0.15, -0.1) is 11.3 Å². The van der Waals surface area contributed by atoms with Gasteiger partial charge in [0.05, 0.1) is 11.8 Å². The highest BCUT2D eigenvalue weighted by molar-refractivity contribution is 7.25. The Morgan fingerprint density at radius 2 is 2.04 bits per heavy atom. The van der Waals surface area contributed by atoms with E-state index in [-0.39, 0.29) is 11.0 Å². The van der Waals surface area contributed by atoms with E-state index in [1.54, 1.807) is 0 Å². The molecule has 0 amide bonds. The van der Waals surface area contributed by atoms with Crippen molar-refractivity contribution >= 4 is 37.6 Å². The molecule has 0 radical (unpaired) electrons. The Bertz CT molecular complexity index is 1040. The first-order valence-electron chi connectivity index (χ1n) is 9.10. The van der Waals surface area contributed by atoms with E-state index in [0.29, 0.717) is 4.70 Å². The third kappa shape index (κ3) is 2.30. The minimum atomic E-state index is -0.0560. The van der Waals surface area contributed by atoms with Gasteiger partial charge in [0.25, 0.3) is 5.56 Å². The third-order valence-corrected chi connectivity index (χ3v) is 6.79. The van der Waals surface area contributed by atoms with Crippen molar-refractivity contribution in [2.75, 3.05) is 18.0 Å². The lowest BCUT2D eigenvalue weighted by atomic mass is 9.73. The first kappa shape index (κ1) is 15.3. The molecule has 0 aromatic carbocycles. The van der Waals surface area contributed by atoms with Crippen molar-refractivity contribution < 1.29 is 0 Å². The molecule has 0 saturated carbocycles. The van der Waals surface area contributed by atoms with Crippen LogP contribution in [0.5, 0.6) is 0 Å². The summed E-state index contributed by atoms with van der Waals surface area (Å²) in [7, 11) is 0. The zero-order valence-corrected chi connectivity index (χ0v) is 15.5. The maximum atomic E-state index is 12.3. The van der Waals surface area contributed by atoms with E-state index in [9.17, 15) is 4.79 Å². The second-order valence-electron chi connectivity index (χ2n) is 8.12. The minimum Gasteiger partial charge on any atom is -0.356 e. The molecule has 1 N–H and O–H groups in total. The second kappa shape index (κ2) is 5.27. The van der Waals surface area contributed by atoms with E-state index in [4.69, 9.17) is 4.98 Å². The lowest BCUT2D eigenvalue weighted by Crippen LogP contribution is -2.27. The van der Waals surface area contributed by atoms with Crippen LogP contribution in [0.4, 0.5) is 5.82 Å². The first-order valence-corrected chi connectivity index (χ1v) is 9.92. The molecule has 6 heteroatoms. The van der Waals surface area contributed by atoms with Gasteiger partial charge >= 0.3 is 0 Å². The number of nitrogens with zero attached hydrogens (tertiary/aromatic N) is 3. The van der Waals surface area contributed by atoms with Crippen LogP contribution in [0.15, 0.2) is 11.1 Å². The second-order valence-corrected chi connectivity index (χ2v) is 9.12. The summed E-state index contributed by atoms with van der Waals surface area (Å²) in [5.74, 6) is 1.17. The van der Waals surface area contributed by atoms with Crippen LogP contribution in [0.2, 0.25) is 0 Å². The fourth-order valence-corrected chi connectivity index (χ4v) is 5.44. The van der Waals surface area contributed by atoms with Gasteiger partial charge < -0.3 is 9.88 Å². The van der Waals surface area contributed by atoms with Gasteiger partial charge in [0, 0.05) is 18.5 Å². The summed E-state index contributed by atoms with van der Waals surface area (Å²) in [5, 5.41) is 1.12. The van der Waals surface area contributed by atoms with Crippen molar-refractivity contribution in [3.05, 3.63) is 27.8 Å². The minimum absolute atomic E-state index is 0.0560. The van der Waals surface area contributed by atoms with Gasteiger partial charge in [-0.25, -0.2) is 9.97 Å². The molecule has 25 heavy (non-hydrogen) atoms. The standard InChI is InChI=1S/C19H22N4OS/c1-19(2)6-5-11-12(9-19)13-14-15(17(24)21-10-20-14)25-18(13)22-16(11)23-7-3-4-8-23/h10H,3-9H2,1-2H3,(H,20,21,24). The quantitative estimate of drug-likeness (QED) is 0.725. The number of nitrogens with one attached hydrogen (secondary N) is 1. The molecule has 0 spiro atoms. The number of hydrogen-bond acceptors (Lipinski definition) is 5. The fourth-order valence-electron chi connectivity index (χ4n) is 4.39. The molecule has 5 nitrogen and oxygen atoms in total. The zero-order valence-electron chi connectivity index (χ0n) is 14.7. The van der Waals surface area contributed by atoms with Crippen LogP contribution in [-0.4, -0.2) is 28.0 Å². The number of anilines is 1. The Hall–Kier alpha value is -1.95. The predicted molar refractivity (Wildman–Crippen MR) is 103 cm³/mol. The van der Waals surface area contributed by atoms with Crippen molar-refractivity contribution in [2.24, 2.45) is 5.41 Å². The van der Waals surface area contributed by atoms with Crippen molar-refractivity contribution in [3.63, 3.8) is 0 Å². The molecule has 1 aliphatic carbocycles. The molecule has 3 aromatic rings. The highest BCUT2D eigenvalue weighted by Gasteiger charge is 2.32. The van der Waals surface area contributed by atoms with Gasteiger partial charge in [0.15, 0.2) is 0 Å². The summed E-state index contributed by atoms with van der Waals surface area (Å²) < 4.78 is 0.703. The predicted octanol–water partition coefficient (Wildman–Crippen LogP) is 3.65. The normalized spacial score (nSPS) is 19.7. The van der Waals surface area contributed by atoms with Crippen LogP contribution in [0.3, 0.4) is 0 Å². The number of aromatic nitrogens is 3. The zero-order chi connectivity index (χ0) is 17.2. The monoisotopic (exact) mass is 354 g/mol. The van der Waals surface area contributed by atoms with Crippen LogP contribution < -0.4 is 10.5 Å². The number of H-pyrrole nitrogens is 1. The van der Waals surface area contributed by atoms with E-state index in [1.807, 2.05) is 0 Å². The van der Waals surface area contributed by atoms with E-state index >= 15 is 0 Å². The summed E-state index contributed by atoms with van der Waals surface area (Å²) in [6.45, 7) is 6.87. The molecule has 1 aliphatic heterocycles. The Kier molecular flexibility index (Phi) is 3.23. The van der Waals surface area contributed by atoms with E-state index in [2.05, 4.69) is 28.7 Å². The molecule has 0 bridgehead atoms. The van der Waals surface area contributed by atoms with Gasteiger partial charge in [0.1, 0.15) is 15.3 Å². The maximum absolute atomic E-state index is 12.3. The van der Waals surface area contributed by atoms with Gasteiger partial charge in [0.2, 0.25) is 0 Å². The molecule has 1 fully saturated rings. The molecule has 1 saturated heterocycles. The first-order chi connectivity index (χ1) is 12.0. The molecule has 0 atom stereocenters. The SMILES string of the molecule is CC1(C)CCc2c(N3CCCC3)nc3sc4c(=O)[nH]cnc4c3c2C1. The molecular weight excluding hydrogens is 332 g/mol. The molecule has 130 valence electrons. The highest BCUT2D eigenvalue weighted by atomic mass is 32.1. The van der Waals surface area contributed by atoms with Crippen LogP contribution in [0.25, 0.3) is 20.4 Å². The number of fused-ring (bicyclic) bond motifs is 5. The smallest absolute Gasteiger partial charge is 0.268 e. The summed E-state index contributed by atoms with van der Waals surface area (Å²) in [4.78, 5) is 27.9. The average Bonchev–Trinajstić information content (AvgIpc) is 3.21. The number of rotatable bonds is 1. The fraction of sp³-hybridized carbons (Fsp3) is 0.526. The number of pyridine rings is 1. The highest BCUT2D eigenvalue weighted by Crippen LogP contribution is 2.44. The average molecular weight is 354 g/mol. The molecule has 0 unspecified atom stereocenters. The largest absolute Gasteiger partial charge is 0.356 e. The van der Waals surface area contributed by atoms with Crippen molar-refractivity contribution in [3.8, 4) is 0 Å². The van der Waals surface area contributed by atoms with Crippen LogP contribution in [-0.2, 0) is 12.8 Å². The maximum Gasteiger partial charge on any atom is 0.268 e. The lowest BCUT2D eigenvalue weighted by molar-refractivity contribution is 0.316. The number of thiophene rings is 1. The Labute approximate surface area is 150 Å². The van der Waals surface area contributed by atoms with Gasteiger partial charge in [-0.3, -0.25) is 4.79 Å². The number of aromatic amines is 1. The number of hydrogen-bond donors (Lipinski definition) is 1. The van der Waals surface area contributed by atoms with Gasteiger partial charge in [-0.2, -0.15) is 0 Å². The molecule has 4 heterocycles. The van der Waals surface area contributed by atoms with Crippen molar-refractivity contribution in [2.45, 2.75) is 46.0 Å². The summed E-state index contributed by atoms with van der Waals surface area (Å²) in [5.41, 5.74) is 3.83.